The van der Waals surface area contributed by atoms with Crippen LogP contribution in [0.3, 0.4) is 0 Å². The number of aromatic nitrogens is 3. The number of nitrogens with one attached hydrogen (secondary N) is 1. The van der Waals surface area contributed by atoms with Crippen LogP contribution in [0.1, 0.15) is 18.1 Å². The predicted octanol–water partition coefficient (Wildman–Crippen LogP) is 3.79. The minimum Gasteiger partial charge on any atom is -0.295 e. The summed E-state index contributed by atoms with van der Waals surface area (Å²) in [6.07, 6.45) is 2.06. The zero-order valence-corrected chi connectivity index (χ0v) is 14.2. The number of nitriles is 1. The van der Waals surface area contributed by atoms with Gasteiger partial charge in [0.1, 0.15) is 11.6 Å². The van der Waals surface area contributed by atoms with Gasteiger partial charge in [-0.2, -0.15) is 5.26 Å². The minimum atomic E-state index is -0.167. The van der Waals surface area contributed by atoms with Crippen LogP contribution in [-0.2, 0) is 6.42 Å². The van der Waals surface area contributed by atoms with E-state index in [-0.39, 0.29) is 5.56 Å². The maximum Gasteiger partial charge on any atom is 0.276 e. The van der Waals surface area contributed by atoms with Crippen LogP contribution in [0.25, 0.3) is 28.0 Å². The third-order valence-corrected chi connectivity index (χ3v) is 4.47. The van der Waals surface area contributed by atoms with Gasteiger partial charge in [0.2, 0.25) is 0 Å². The van der Waals surface area contributed by atoms with Gasteiger partial charge < -0.3 is 0 Å². The fraction of sp³-hybridized carbons (Fsp3) is 0.0952. The lowest BCUT2D eigenvalue weighted by atomic mass is 9.99. The molecule has 4 rings (SSSR count). The van der Waals surface area contributed by atoms with E-state index in [0.29, 0.717) is 28.9 Å². The Balaban J connectivity index is 1.97. The van der Waals surface area contributed by atoms with E-state index in [1.807, 2.05) is 61.5 Å². The van der Waals surface area contributed by atoms with Crippen LogP contribution in [0.15, 0.2) is 65.6 Å². The van der Waals surface area contributed by atoms with Crippen LogP contribution in [0.4, 0.5) is 0 Å². The smallest absolute Gasteiger partial charge is 0.276 e. The molecule has 0 aliphatic heterocycles. The summed E-state index contributed by atoms with van der Waals surface area (Å²) in [5.74, 6) is 0. The number of fused-ring (bicyclic) bond motifs is 1. The second-order valence-corrected chi connectivity index (χ2v) is 6.00. The van der Waals surface area contributed by atoms with Gasteiger partial charge in [-0.15, -0.1) is 0 Å². The van der Waals surface area contributed by atoms with Crippen molar-refractivity contribution in [3.05, 3.63) is 82.3 Å². The molecule has 0 amide bonds. The van der Waals surface area contributed by atoms with Crippen LogP contribution in [0.5, 0.6) is 0 Å². The van der Waals surface area contributed by atoms with E-state index in [1.54, 1.807) is 0 Å². The molecule has 0 radical (unpaired) electrons. The molecule has 0 aliphatic carbocycles. The van der Waals surface area contributed by atoms with Crippen molar-refractivity contribution in [2.45, 2.75) is 13.3 Å². The highest BCUT2D eigenvalue weighted by molar-refractivity contribution is 5.74. The zero-order valence-electron chi connectivity index (χ0n) is 14.2. The molecule has 126 valence electrons. The van der Waals surface area contributed by atoms with Crippen molar-refractivity contribution in [2.75, 3.05) is 0 Å². The number of hydrogen-bond acceptors (Lipinski definition) is 3. The number of nitrogens with zero attached hydrogens (tertiary/aromatic N) is 3. The number of H-pyrrole nitrogens is 1. The fourth-order valence-electron chi connectivity index (χ4n) is 3.17. The normalized spacial score (nSPS) is 10.8. The molecule has 0 unspecified atom stereocenters. The second kappa shape index (κ2) is 6.34. The Hall–Kier alpha value is -3.65. The molecular weight excluding hydrogens is 324 g/mol. The summed E-state index contributed by atoms with van der Waals surface area (Å²) in [7, 11) is 0. The van der Waals surface area contributed by atoms with E-state index < -0.39 is 0 Å². The van der Waals surface area contributed by atoms with Crippen molar-refractivity contribution >= 4 is 5.65 Å². The number of aromatic amines is 1. The predicted molar refractivity (Wildman–Crippen MR) is 101 cm³/mol. The standard InChI is InChI=1S/C21H16N4O/c1-2-18-19(24-20-17(12-22)13-23-25(20)21(18)26)16-10-6-9-15(11-16)14-7-4-3-5-8-14/h3-11,13,23H,2H2,1H3. The molecule has 26 heavy (non-hydrogen) atoms. The molecular formula is C21H16N4O. The van der Waals surface area contributed by atoms with E-state index in [9.17, 15) is 10.1 Å². The molecule has 4 aromatic rings. The molecule has 2 aromatic carbocycles. The average Bonchev–Trinajstić information content (AvgIpc) is 3.12. The van der Waals surface area contributed by atoms with Crippen molar-refractivity contribution in [3.8, 4) is 28.5 Å². The molecule has 0 saturated carbocycles. The molecule has 5 nitrogen and oxygen atoms in total. The van der Waals surface area contributed by atoms with Gasteiger partial charge in [0, 0.05) is 17.3 Å². The first kappa shape index (κ1) is 15.9. The van der Waals surface area contributed by atoms with Crippen molar-refractivity contribution in [1.82, 2.24) is 14.6 Å². The largest absolute Gasteiger partial charge is 0.295 e. The first-order valence-corrected chi connectivity index (χ1v) is 8.42. The molecule has 1 N–H and O–H groups in total. The van der Waals surface area contributed by atoms with Gasteiger partial charge in [-0.25, -0.2) is 9.50 Å². The van der Waals surface area contributed by atoms with Gasteiger partial charge in [-0.3, -0.25) is 9.89 Å². The van der Waals surface area contributed by atoms with E-state index in [4.69, 9.17) is 0 Å². The van der Waals surface area contributed by atoms with Crippen LogP contribution >= 0.6 is 0 Å². The van der Waals surface area contributed by atoms with Crippen molar-refractivity contribution < 1.29 is 0 Å². The lowest BCUT2D eigenvalue weighted by Crippen LogP contribution is -2.21. The van der Waals surface area contributed by atoms with Crippen molar-refractivity contribution in [3.63, 3.8) is 0 Å². The molecule has 0 spiro atoms. The third-order valence-electron chi connectivity index (χ3n) is 4.47. The van der Waals surface area contributed by atoms with Gasteiger partial charge in [-0.1, -0.05) is 55.5 Å². The highest BCUT2D eigenvalue weighted by Crippen LogP contribution is 2.27. The summed E-state index contributed by atoms with van der Waals surface area (Å²) in [4.78, 5) is 17.5. The second-order valence-electron chi connectivity index (χ2n) is 6.00. The molecule has 0 saturated heterocycles. The van der Waals surface area contributed by atoms with E-state index in [2.05, 4.69) is 16.2 Å². The summed E-state index contributed by atoms with van der Waals surface area (Å²) in [5, 5.41) is 12.1. The Labute approximate surface area is 150 Å². The average molecular weight is 340 g/mol. The van der Waals surface area contributed by atoms with E-state index in [0.717, 1.165) is 16.7 Å². The number of hydrogen-bond donors (Lipinski definition) is 1. The topological polar surface area (TPSA) is 73.9 Å². The summed E-state index contributed by atoms with van der Waals surface area (Å²) in [6, 6.07) is 20.1. The molecule has 2 heterocycles. The lowest BCUT2D eigenvalue weighted by molar-refractivity contribution is 0.870. The summed E-state index contributed by atoms with van der Waals surface area (Å²) in [5.41, 5.74) is 4.82. The highest BCUT2D eigenvalue weighted by Gasteiger charge is 2.16. The zero-order chi connectivity index (χ0) is 18.1. The van der Waals surface area contributed by atoms with E-state index in [1.165, 1.54) is 10.7 Å². The molecule has 5 heteroatoms. The van der Waals surface area contributed by atoms with Crippen LogP contribution < -0.4 is 5.56 Å². The van der Waals surface area contributed by atoms with Crippen molar-refractivity contribution in [2.24, 2.45) is 0 Å². The summed E-state index contributed by atoms with van der Waals surface area (Å²) in [6.45, 7) is 1.93. The molecule has 0 atom stereocenters. The van der Waals surface area contributed by atoms with Crippen molar-refractivity contribution in [1.29, 1.82) is 5.26 Å². The van der Waals surface area contributed by atoms with Gasteiger partial charge in [-0.05, 0) is 23.6 Å². The van der Waals surface area contributed by atoms with Crippen LogP contribution in [0, 0.1) is 11.3 Å². The van der Waals surface area contributed by atoms with Gasteiger partial charge in [0.15, 0.2) is 5.65 Å². The highest BCUT2D eigenvalue weighted by atomic mass is 16.1. The third kappa shape index (κ3) is 2.49. The van der Waals surface area contributed by atoms with Gasteiger partial charge in [0.25, 0.3) is 5.56 Å². The molecule has 0 aliphatic rings. The molecule has 2 aromatic heterocycles. The number of benzene rings is 2. The fourth-order valence-corrected chi connectivity index (χ4v) is 3.17. The monoisotopic (exact) mass is 340 g/mol. The Morgan fingerprint density at radius 3 is 2.54 bits per heavy atom. The Morgan fingerprint density at radius 2 is 1.81 bits per heavy atom. The SMILES string of the molecule is CCc1c(-c2cccc(-c3ccccc3)c2)nc2c(C#N)c[nH]n2c1=O. The van der Waals surface area contributed by atoms with Crippen LogP contribution in [-0.4, -0.2) is 14.6 Å². The maximum atomic E-state index is 12.8. The first-order chi connectivity index (χ1) is 12.7. The minimum absolute atomic E-state index is 0.167. The quantitative estimate of drug-likeness (QED) is 0.616. The lowest BCUT2D eigenvalue weighted by Gasteiger charge is -2.10. The number of rotatable bonds is 3. The Kier molecular flexibility index (Phi) is 3.86. The van der Waals surface area contributed by atoms with Gasteiger partial charge >= 0.3 is 0 Å². The maximum absolute atomic E-state index is 12.8. The molecule has 0 bridgehead atoms. The van der Waals surface area contributed by atoms with Gasteiger partial charge in [0.05, 0.1) is 5.69 Å². The summed E-state index contributed by atoms with van der Waals surface area (Å²) >= 11 is 0. The first-order valence-electron chi connectivity index (χ1n) is 8.42. The van der Waals surface area contributed by atoms with E-state index >= 15 is 0 Å². The Bertz CT molecular complexity index is 1200. The molecule has 0 fully saturated rings. The Morgan fingerprint density at radius 1 is 1.08 bits per heavy atom. The van der Waals surface area contributed by atoms with Crippen LogP contribution in [0.2, 0.25) is 0 Å². The summed E-state index contributed by atoms with van der Waals surface area (Å²) < 4.78 is 1.34.